The van der Waals surface area contributed by atoms with E-state index in [1.165, 1.54) is 35.2 Å². The van der Waals surface area contributed by atoms with Gasteiger partial charge in [-0.25, -0.2) is 9.37 Å². The number of nitrogens with one attached hydrogen (secondary N) is 1. The van der Waals surface area contributed by atoms with Gasteiger partial charge in [0, 0.05) is 11.6 Å². The zero-order chi connectivity index (χ0) is 23.3. The van der Waals surface area contributed by atoms with Crippen LogP contribution in [0.2, 0.25) is 0 Å². The number of halogens is 1. The van der Waals surface area contributed by atoms with E-state index in [4.69, 9.17) is 4.42 Å². The Morgan fingerprint density at radius 2 is 2.00 bits per heavy atom. The van der Waals surface area contributed by atoms with Crippen LogP contribution in [-0.4, -0.2) is 30.6 Å². The fourth-order valence-corrected chi connectivity index (χ4v) is 4.87. The Bertz CT molecular complexity index is 1380. The maximum atomic E-state index is 13.5. The van der Waals surface area contributed by atoms with Gasteiger partial charge in [0.2, 0.25) is 5.82 Å². The number of thioether (sulfide) groups is 1. The molecule has 5 rings (SSSR count). The molecule has 0 aliphatic heterocycles. The minimum absolute atomic E-state index is 0.257. The van der Waals surface area contributed by atoms with Crippen LogP contribution >= 0.6 is 23.1 Å². The Balaban J connectivity index is 1.30. The third-order valence-corrected chi connectivity index (χ3v) is 6.70. The number of nitrogens with zero attached hydrogens (tertiary/aromatic N) is 5. The standard InChI is InChI=1S/C23H17FN6O2S2/c24-15-6-8-17(9-7-15)30-21(19-5-3-11-32-19)28-29-23(30)34-14-20-27-18(13-33-20)22(31)26-12-16-4-1-2-10-25-16/h1-11,13H,12,14H2,(H,26,31). The molecule has 11 heteroatoms. The minimum atomic E-state index is -0.331. The van der Waals surface area contributed by atoms with E-state index in [1.54, 1.807) is 46.7 Å². The molecule has 34 heavy (non-hydrogen) atoms. The van der Waals surface area contributed by atoms with Crippen LogP contribution in [0.25, 0.3) is 17.3 Å². The largest absolute Gasteiger partial charge is 0.461 e. The second-order valence-corrected chi connectivity index (χ2v) is 8.90. The van der Waals surface area contributed by atoms with Crippen LogP contribution < -0.4 is 5.32 Å². The van der Waals surface area contributed by atoms with Crippen molar-refractivity contribution in [3.8, 4) is 17.3 Å². The van der Waals surface area contributed by atoms with Crippen molar-refractivity contribution in [1.29, 1.82) is 0 Å². The van der Waals surface area contributed by atoms with E-state index in [0.717, 1.165) is 10.7 Å². The first-order chi connectivity index (χ1) is 16.7. The summed E-state index contributed by atoms with van der Waals surface area (Å²) in [4.78, 5) is 21.1. The predicted octanol–water partition coefficient (Wildman–Crippen LogP) is 4.74. The van der Waals surface area contributed by atoms with E-state index < -0.39 is 0 Å². The molecule has 0 unspecified atom stereocenters. The first-order valence-electron chi connectivity index (χ1n) is 10.2. The Labute approximate surface area is 201 Å². The molecule has 0 aliphatic rings. The summed E-state index contributed by atoms with van der Waals surface area (Å²) in [6.45, 7) is 0.331. The van der Waals surface area contributed by atoms with Crippen molar-refractivity contribution in [3.63, 3.8) is 0 Å². The average molecular weight is 493 g/mol. The number of hydrogen-bond acceptors (Lipinski definition) is 8. The molecule has 170 valence electrons. The van der Waals surface area contributed by atoms with Gasteiger partial charge in [-0.1, -0.05) is 17.8 Å². The summed E-state index contributed by atoms with van der Waals surface area (Å²) in [6.07, 6.45) is 3.24. The van der Waals surface area contributed by atoms with Crippen LogP contribution in [0, 0.1) is 5.82 Å². The van der Waals surface area contributed by atoms with E-state index in [-0.39, 0.29) is 11.7 Å². The maximum Gasteiger partial charge on any atom is 0.271 e. The van der Waals surface area contributed by atoms with Crippen LogP contribution in [0.3, 0.4) is 0 Å². The molecule has 0 atom stereocenters. The normalized spacial score (nSPS) is 11.0. The van der Waals surface area contributed by atoms with Gasteiger partial charge < -0.3 is 9.73 Å². The summed E-state index contributed by atoms with van der Waals surface area (Å²) in [5, 5.41) is 14.5. The fourth-order valence-electron chi connectivity index (χ4n) is 3.12. The van der Waals surface area contributed by atoms with Gasteiger partial charge in [-0.2, -0.15) is 0 Å². The highest BCUT2D eigenvalue weighted by molar-refractivity contribution is 7.98. The number of thiazole rings is 1. The predicted molar refractivity (Wildman–Crippen MR) is 126 cm³/mol. The topological polar surface area (TPSA) is 98.7 Å². The lowest BCUT2D eigenvalue weighted by Gasteiger charge is -2.08. The Morgan fingerprint density at radius 1 is 1.12 bits per heavy atom. The van der Waals surface area contributed by atoms with E-state index in [1.807, 2.05) is 18.2 Å². The van der Waals surface area contributed by atoms with Crippen LogP contribution in [0.4, 0.5) is 4.39 Å². The van der Waals surface area contributed by atoms with Crippen molar-refractivity contribution in [1.82, 2.24) is 30.0 Å². The van der Waals surface area contributed by atoms with Gasteiger partial charge in [-0.3, -0.25) is 14.3 Å². The Kier molecular flexibility index (Phi) is 6.45. The number of hydrogen-bond donors (Lipinski definition) is 1. The van der Waals surface area contributed by atoms with Gasteiger partial charge in [0.1, 0.15) is 16.5 Å². The third kappa shape index (κ3) is 4.90. The SMILES string of the molecule is O=C(NCc1ccccn1)c1csc(CSc2nnc(-c3ccco3)n2-c2ccc(F)cc2)n1. The Hall–Kier alpha value is -3.83. The molecule has 1 N–H and O–H groups in total. The third-order valence-electron chi connectivity index (χ3n) is 4.73. The lowest BCUT2D eigenvalue weighted by molar-refractivity contribution is 0.0946. The van der Waals surface area contributed by atoms with Crippen LogP contribution in [0.5, 0.6) is 0 Å². The van der Waals surface area contributed by atoms with Crippen molar-refractivity contribution in [2.45, 2.75) is 17.5 Å². The molecule has 0 fully saturated rings. The van der Waals surface area contributed by atoms with E-state index in [2.05, 4.69) is 25.5 Å². The zero-order valence-electron chi connectivity index (χ0n) is 17.6. The number of carbonyl (C=O) groups is 1. The number of carbonyl (C=O) groups excluding carboxylic acids is 1. The molecule has 5 aromatic rings. The Morgan fingerprint density at radius 3 is 2.76 bits per heavy atom. The molecule has 0 spiro atoms. The van der Waals surface area contributed by atoms with Gasteiger partial charge in [0.05, 0.1) is 29.9 Å². The lowest BCUT2D eigenvalue weighted by atomic mass is 10.3. The summed E-state index contributed by atoms with van der Waals surface area (Å²) in [6, 6.07) is 15.2. The number of aromatic nitrogens is 5. The summed E-state index contributed by atoms with van der Waals surface area (Å²) in [5.74, 6) is 0.947. The highest BCUT2D eigenvalue weighted by Crippen LogP contribution is 2.30. The molecule has 0 saturated heterocycles. The van der Waals surface area contributed by atoms with Crippen LogP contribution in [0.15, 0.2) is 82.0 Å². The molecular formula is C23H17FN6O2S2. The van der Waals surface area contributed by atoms with E-state index >= 15 is 0 Å². The van der Waals surface area contributed by atoms with Gasteiger partial charge in [0.25, 0.3) is 5.91 Å². The molecule has 0 aliphatic carbocycles. The monoisotopic (exact) mass is 492 g/mol. The van der Waals surface area contributed by atoms with E-state index in [0.29, 0.717) is 40.4 Å². The van der Waals surface area contributed by atoms with Crippen molar-refractivity contribution in [2.24, 2.45) is 0 Å². The minimum Gasteiger partial charge on any atom is -0.461 e. The number of pyridine rings is 1. The highest BCUT2D eigenvalue weighted by atomic mass is 32.2. The number of furan rings is 1. The molecule has 8 nitrogen and oxygen atoms in total. The highest BCUT2D eigenvalue weighted by Gasteiger charge is 2.19. The number of amides is 1. The smallest absolute Gasteiger partial charge is 0.271 e. The molecule has 0 saturated carbocycles. The zero-order valence-corrected chi connectivity index (χ0v) is 19.2. The summed E-state index contributed by atoms with van der Waals surface area (Å²) < 4.78 is 20.8. The molecular weight excluding hydrogens is 475 g/mol. The lowest BCUT2D eigenvalue weighted by Crippen LogP contribution is -2.23. The molecule has 1 amide bonds. The van der Waals surface area contributed by atoms with Crippen molar-refractivity contribution >= 4 is 29.0 Å². The van der Waals surface area contributed by atoms with Crippen molar-refractivity contribution in [2.75, 3.05) is 0 Å². The first-order valence-corrected chi connectivity index (χ1v) is 12.0. The van der Waals surface area contributed by atoms with Gasteiger partial charge in [-0.15, -0.1) is 21.5 Å². The summed E-state index contributed by atoms with van der Waals surface area (Å²) in [7, 11) is 0. The maximum absolute atomic E-state index is 13.5. The van der Waals surface area contributed by atoms with Crippen LogP contribution in [-0.2, 0) is 12.3 Å². The first kappa shape index (κ1) is 22.0. The second kappa shape index (κ2) is 9.98. The fraction of sp³-hybridized carbons (Fsp3) is 0.0870. The molecule has 1 aromatic carbocycles. The van der Waals surface area contributed by atoms with E-state index in [9.17, 15) is 9.18 Å². The molecule has 4 heterocycles. The molecule has 0 bridgehead atoms. The summed E-state index contributed by atoms with van der Waals surface area (Å²) in [5.41, 5.74) is 1.83. The summed E-state index contributed by atoms with van der Waals surface area (Å²) >= 11 is 2.81. The molecule has 0 radical (unpaired) electrons. The van der Waals surface area contributed by atoms with Gasteiger partial charge >= 0.3 is 0 Å². The van der Waals surface area contributed by atoms with Crippen LogP contribution in [0.1, 0.15) is 21.2 Å². The quantitative estimate of drug-likeness (QED) is 0.312. The average Bonchev–Trinajstić information content (AvgIpc) is 3.63. The second-order valence-electron chi connectivity index (χ2n) is 7.01. The number of rotatable bonds is 8. The number of benzene rings is 1. The van der Waals surface area contributed by atoms with Gasteiger partial charge in [-0.05, 0) is 48.5 Å². The van der Waals surface area contributed by atoms with Crippen molar-refractivity contribution < 1.29 is 13.6 Å². The van der Waals surface area contributed by atoms with Crippen molar-refractivity contribution in [3.05, 3.63) is 94.7 Å². The van der Waals surface area contributed by atoms with Gasteiger partial charge in [0.15, 0.2) is 10.9 Å². The molecule has 4 aromatic heterocycles.